The van der Waals surface area contributed by atoms with Crippen molar-refractivity contribution in [2.45, 2.75) is 40.5 Å². The number of hydrogen-bond donors (Lipinski definition) is 1. The van der Waals surface area contributed by atoms with Crippen LogP contribution in [0.3, 0.4) is 0 Å². The molecule has 0 fully saturated rings. The third-order valence-electron chi connectivity index (χ3n) is 4.54. The fourth-order valence-corrected chi connectivity index (χ4v) is 3.34. The molecule has 0 aliphatic carbocycles. The highest BCUT2D eigenvalue weighted by atomic mass is 35.5. The summed E-state index contributed by atoms with van der Waals surface area (Å²) in [7, 11) is 0. The smallest absolute Gasteiger partial charge is 0.306 e. The summed E-state index contributed by atoms with van der Waals surface area (Å²) in [5.41, 5.74) is 3.17. The number of carbonyl (C=O) groups is 2. The number of hydrogen-bond acceptors (Lipinski definition) is 7. The van der Waals surface area contributed by atoms with Crippen molar-refractivity contribution in [1.82, 2.24) is 19.7 Å². The second-order valence-corrected chi connectivity index (χ2v) is 8.04. The van der Waals surface area contributed by atoms with Crippen molar-refractivity contribution in [3.05, 3.63) is 58.0 Å². The van der Waals surface area contributed by atoms with Gasteiger partial charge in [-0.05, 0) is 63.9 Å². The number of aromatic nitrogens is 4. The van der Waals surface area contributed by atoms with E-state index in [1.807, 2.05) is 32.9 Å². The first kappa shape index (κ1) is 24.2. The highest BCUT2D eigenvalue weighted by molar-refractivity contribution is 6.30. The molecular weight excluding hydrogens is 446 g/mol. The van der Waals surface area contributed by atoms with Crippen LogP contribution < -0.4 is 10.1 Å². The van der Waals surface area contributed by atoms with Crippen molar-refractivity contribution in [3.63, 3.8) is 0 Å². The molecule has 1 amide bonds. The number of nitrogens with zero attached hydrogens (tertiary/aromatic N) is 4. The Balaban J connectivity index is 1.46. The molecule has 3 rings (SSSR count). The van der Waals surface area contributed by atoms with Gasteiger partial charge < -0.3 is 14.8 Å². The summed E-state index contributed by atoms with van der Waals surface area (Å²) in [4.78, 5) is 33.0. The Morgan fingerprint density at radius 1 is 1.03 bits per heavy atom. The van der Waals surface area contributed by atoms with Gasteiger partial charge in [0.15, 0.2) is 6.61 Å². The van der Waals surface area contributed by atoms with E-state index >= 15 is 0 Å². The minimum absolute atomic E-state index is 0.132. The van der Waals surface area contributed by atoms with Crippen LogP contribution in [0.5, 0.6) is 5.75 Å². The van der Waals surface area contributed by atoms with Crippen LogP contribution in [-0.2, 0) is 14.3 Å². The van der Waals surface area contributed by atoms with Gasteiger partial charge in [0.1, 0.15) is 11.6 Å². The van der Waals surface area contributed by atoms with E-state index in [1.165, 1.54) is 4.68 Å². The van der Waals surface area contributed by atoms with Crippen LogP contribution in [0.25, 0.3) is 5.95 Å². The maximum Gasteiger partial charge on any atom is 0.306 e. The molecule has 0 atom stereocenters. The molecule has 1 N–H and O–H groups in total. The Bertz CT molecular complexity index is 1140. The van der Waals surface area contributed by atoms with Gasteiger partial charge in [-0.25, -0.2) is 9.97 Å². The zero-order valence-corrected chi connectivity index (χ0v) is 19.8. The number of aryl methyl sites for hydroxylation is 4. The zero-order chi connectivity index (χ0) is 24.0. The Morgan fingerprint density at radius 2 is 1.76 bits per heavy atom. The predicted octanol–water partition coefficient (Wildman–Crippen LogP) is 3.89. The summed E-state index contributed by atoms with van der Waals surface area (Å²) in [6.45, 7) is 7.34. The van der Waals surface area contributed by atoms with E-state index in [0.717, 1.165) is 17.0 Å². The molecule has 3 aromatic rings. The van der Waals surface area contributed by atoms with Crippen LogP contribution >= 0.6 is 11.6 Å². The summed E-state index contributed by atoms with van der Waals surface area (Å²) in [5.74, 6) is 0.492. The average Bonchev–Trinajstić information content (AvgIpc) is 3.10. The molecule has 0 saturated heterocycles. The number of amides is 1. The van der Waals surface area contributed by atoms with E-state index in [1.54, 1.807) is 25.1 Å². The lowest BCUT2D eigenvalue weighted by atomic mass is 10.2. The monoisotopic (exact) mass is 471 g/mol. The van der Waals surface area contributed by atoms with Crippen LogP contribution in [0.1, 0.15) is 35.5 Å². The van der Waals surface area contributed by atoms with E-state index in [9.17, 15) is 9.59 Å². The first-order chi connectivity index (χ1) is 15.7. The fraction of sp³-hybridized carbons (Fsp3) is 0.348. The summed E-state index contributed by atoms with van der Waals surface area (Å²) >= 11 is 5.92. The number of carbonyl (C=O) groups excluding carboxylic acids is 2. The van der Waals surface area contributed by atoms with Gasteiger partial charge >= 0.3 is 5.97 Å². The normalized spacial score (nSPS) is 10.7. The van der Waals surface area contributed by atoms with E-state index in [2.05, 4.69) is 20.4 Å². The summed E-state index contributed by atoms with van der Waals surface area (Å²) in [5, 5.41) is 7.68. The highest BCUT2D eigenvalue weighted by Gasteiger charge is 2.15. The first-order valence-electron chi connectivity index (χ1n) is 10.4. The summed E-state index contributed by atoms with van der Waals surface area (Å²) in [6, 6.07) is 8.88. The van der Waals surface area contributed by atoms with Crippen molar-refractivity contribution >= 4 is 29.3 Å². The second-order valence-electron chi connectivity index (χ2n) is 7.60. The number of anilines is 1. The molecule has 0 radical (unpaired) electrons. The van der Waals surface area contributed by atoms with E-state index in [-0.39, 0.29) is 6.42 Å². The molecule has 2 aromatic heterocycles. The van der Waals surface area contributed by atoms with Crippen LogP contribution in [0.2, 0.25) is 5.02 Å². The van der Waals surface area contributed by atoms with Gasteiger partial charge in [-0.15, -0.1) is 0 Å². The number of halogens is 1. The molecule has 0 unspecified atom stereocenters. The maximum absolute atomic E-state index is 12.3. The molecule has 9 nitrogen and oxygen atoms in total. The Labute approximate surface area is 197 Å². The van der Waals surface area contributed by atoms with Gasteiger partial charge in [0.2, 0.25) is 0 Å². The van der Waals surface area contributed by atoms with Crippen LogP contribution in [0.15, 0.2) is 30.3 Å². The van der Waals surface area contributed by atoms with E-state index in [0.29, 0.717) is 41.3 Å². The van der Waals surface area contributed by atoms with Gasteiger partial charge in [-0.2, -0.15) is 9.78 Å². The topological polar surface area (TPSA) is 108 Å². The standard InChI is InChI=1S/C23H26ClN5O4/c1-14-10-18(24)7-8-19(14)32-9-5-6-22(31)33-13-21(30)27-20-12-17(4)28-29(20)23-25-15(2)11-16(3)26-23/h7-8,10-12H,5-6,9,13H2,1-4H3,(H,27,30). The minimum Gasteiger partial charge on any atom is -0.493 e. The molecule has 0 bridgehead atoms. The molecule has 0 spiro atoms. The molecule has 0 aliphatic heterocycles. The molecule has 0 saturated carbocycles. The number of benzene rings is 1. The van der Waals surface area contributed by atoms with Gasteiger partial charge in [0.25, 0.3) is 11.9 Å². The Morgan fingerprint density at radius 3 is 2.45 bits per heavy atom. The third kappa shape index (κ3) is 7.01. The number of rotatable bonds is 9. The van der Waals surface area contributed by atoms with Crippen molar-refractivity contribution in [3.8, 4) is 11.7 Å². The summed E-state index contributed by atoms with van der Waals surface area (Å²) in [6.07, 6.45) is 0.589. The van der Waals surface area contributed by atoms with Crippen molar-refractivity contribution in [2.24, 2.45) is 0 Å². The van der Waals surface area contributed by atoms with E-state index in [4.69, 9.17) is 21.1 Å². The molecule has 1 aromatic carbocycles. The molecule has 0 aliphatic rings. The first-order valence-corrected chi connectivity index (χ1v) is 10.8. The van der Waals surface area contributed by atoms with Crippen LogP contribution in [0, 0.1) is 27.7 Å². The lowest BCUT2D eigenvalue weighted by Gasteiger charge is -2.10. The molecule has 10 heteroatoms. The lowest BCUT2D eigenvalue weighted by Crippen LogP contribution is -2.23. The van der Waals surface area contributed by atoms with Gasteiger partial charge in [-0.1, -0.05) is 11.6 Å². The number of nitrogens with one attached hydrogen (secondary N) is 1. The quantitative estimate of drug-likeness (QED) is 0.372. The van der Waals surface area contributed by atoms with E-state index < -0.39 is 18.5 Å². The number of esters is 1. The van der Waals surface area contributed by atoms with Crippen LogP contribution in [0.4, 0.5) is 5.82 Å². The third-order valence-corrected chi connectivity index (χ3v) is 4.78. The fourth-order valence-electron chi connectivity index (χ4n) is 3.11. The molecular formula is C23H26ClN5O4. The van der Waals surface area contributed by atoms with Crippen LogP contribution in [-0.4, -0.2) is 44.8 Å². The van der Waals surface area contributed by atoms with Crippen molar-refractivity contribution in [2.75, 3.05) is 18.5 Å². The predicted molar refractivity (Wildman–Crippen MR) is 124 cm³/mol. The lowest BCUT2D eigenvalue weighted by molar-refractivity contribution is -0.147. The Hall–Kier alpha value is -3.46. The molecule has 174 valence electrons. The van der Waals surface area contributed by atoms with Crippen molar-refractivity contribution < 1.29 is 19.1 Å². The second kappa shape index (κ2) is 10.9. The van der Waals surface area contributed by atoms with Gasteiger partial charge in [0, 0.05) is 28.9 Å². The summed E-state index contributed by atoms with van der Waals surface area (Å²) < 4.78 is 12.2. The Kier molecular flexibility index (Phi) is 8.00. The SMILES string of the molecule is Cc1cc(C)nc(-n2nc(C)cc2NC(=O)COC(=O)CCCOc2ccc(Cl)cc2C)n1. The molecule has 2 heterocycles. The number of ether oxygens (including phenoxy) is 2. The largest absolute Gasteiger partial charge is 0.493 e. The van der Waals surface area contributed by atoms with Gasteiger partial charge in [0.05, 0.1) is 12.3 Å². The van der Waals surface area contributed by atoms with Crippen molar-refractivity contribution in [1.29, 1.82) is 0 Å². The maximum atomic E-state index is 12.3. The minimum atomic E-state index is -0.484. The van der Waals surface area contributed by atoms with Gasteiger partial charge in [-0.3, -0.25) is 9.59 Å². The highest BCUT2D eigenvalue weighted by Crippen LogP contribution is 2.22. The average molecular weight is 472 g/mol. The zero-order valence-electron chi connectivity index (χ0n) is 19.0. The molecule has 33 heavy (non-hydrogen) atoms.